The van der Waals surface area contributed by atoms with E-state index in [9.17, 15) is 14.7 Å². The Kier molecular flexibility index (Phi) is 6.82. The maximum absolute atomic E-state index is 12.5. The lowest BCUT2D eigenvalue weighted by molar-refractivity contribution is -0.151. The number of allylic oxidation sites excluding steroid dienone is 3. The molecule has 0 bridgehead atoms. The molecule has 0 aromatic carbocycles. The Balaban J connectivity index is 2.31. The van der Waals surface area contributed by atoms with Crippen LogP contribution in [0.4, 0.5) is 0 Å². The van der Waals surface area contributed by atoms with E-state index in [2.05, 4.69) is 6.58 Å². The Morgan fingerprint density at radius 2 is 2.15 bits per heavy atom. The van der Waals surface area contributed by atoms with Crippen molar-refractivity contribution in [1.82, 2.24) is 0 Å². The van der Waals surface area contributed by atoms with Gasteiger partial charge in [-0.05, 0) is 45.3 Å². The average Bonchev–Trinajstić information content (AvgIpc) is 2.57. The first kappa shape index (κ1) is 21.2. The zero-order chi connectivity index (χ0) is 20.2. The molecular weight excluding hydrogens is 344 g/mol. The highest BCUT2D eigenvalue weighted by atomic mass is 16.5. The fraction of sp³-hybridized carbons (Fsp3) is 0.545. The van der Waals surface area contributed by atoms with E-state index in [0.29, 0.717) is 6.42 Å². The van der Waals surface area contributed by atoms with Gasteiger partial charge in [0.1, 0.15) is 12.7 Å². The Labute approximate surface area is 161 Å². The van der Waals surface area contributed by atoms with E-state index in [1.54, 1.807) is 19.9 Å². The molecule has 5 nitrogen and oxygen atoms in total. The summed E-state index contributed by atoms with van der Waals surface area (Å²) in [4.78, 5) is 23.9. The molecule has 0 spiro atoms. The number of carbonyl (C=O) groups is 2. The van der Waals surface area contributed by atoms with Crippen LogP contribution in [-0.4, -0.2) is 35.4 Å². The molecule has 3 unspecified atom stereocenters. The molecule has 1 aliphatic heterocycles. The molecule has 0 saturated carbocycles. The maximum atomic E-state index is 12.5. The van der Waals surface area contributed by atoms with E-state index in [-0.39, 0.29) is 24.5 Å². The second-order valence-corrected chi connectivity index (χ2v) is 8.01. The van der Waals surface area contributed by atoms with Crippen LogP contribution in [0.3, 0.4) is 0 Å². The molecule has 0 amide bonds. The number of ether oxygens (including phenoxy) is 2. The molecule has 2 rings (SSSR count). The molecule has 148 valence electrons. The molecule has 1 N–H and O–H groups in total. The largest absolute Gasteiger partial charge is 0.461 e. The summed E-state index contributed by atoms with van der Waals surface area (Å²) in [5.74, 6) is -1.08. The van der Waals surface area contributed by atoms with Crippen LogP contribution in [0.5, 0.6) is 0 Å². The fourth-order valence-corrected chi connectivity index (χ4v) is 3.63. The number of fused-ring (bicyclic) bond motifs is 1. The van der Waals surface area contributed by atoms with E-state index < -0.39 is 17.6 Å². The standard InChI is InChI=1S/C22H30O5/c1-14-8-9-19-17(7-6-10-22(4,5)25)13-26-21(24)20(19)15(2)12-18(11-14)27-16(3)23/h6-7,10-11,18-20,25H,2,8-9,12-13H2,1,3-5H3. The number of cyclic esters (lactones) is 1. The molecular formula is C22H30O5. The van der Waals surface area contributed by atoms with Gasteiger partial charge in [-0.2, -0.15) is 0 Å². The highest BCUT2D eigenvalue weighted by Crippen LogP contribution is 2.39. The summed E-state index contributed by atoms with van der Waals surface area (Å²) < 4.78 is 10.8. The van der Waals surface area contributed by atoms with E-state index >= 15 is 0 Å². The molecule has 0 aromatic heterocycles. The van der Waals surface area contributed by atoms with Gasteiger partial charge in [0.15, 0.2) is 0 Å². The number of hydrogen-bond acceptors (Lipinski definition) is 5. The van der Waals surface area contributed by atoms with Crippen LogP contribution in [0.2, 0.25) is 0 Å². The molecule has 2 aliphatic rings. The second kappa shape index (κ2) is 8.70. The highest BCUT2D eigenvalue weighted by molar-refractivity contribution is 5.78. The van der Waals surface area contributed by atoms with Crippen molar-refractivity contribution in [3.63, 3.8) is 0 Å². The summed E-state index contributed by atoms with van der Waals surface area (Å²) in [6.45, 7) is 11.2. The van der Waals surface area contributed by atoms with Crippen LogP contribution in [0.1, 0.15) is 47.0 Å². The van der Waals surface area contributed by atoms with Crippen molar-refractivity contribution in [1.29, 1.82) is 0 Å². The Morgan fingerprint density at radius 1 is 1.44 bits per heavy atom. The maximum Gasteiger partial charge on any atom is 0.314 e. The van der Waals surface area contributed by atoms with Gasteiger partial charge in [0.05, 0.1) is 11.5 Å². The second-order valence-electron chi connectivity index (χ2n) is 8.01. The third-order valence-electron chi connectivity index (χ3n) is 4.87. The van der Waals surface area contributed by atoms with Gasteiger partial charge in [-0.3, -0.25) is 9.59 Å². The topological polar surface area (TPSA) is 72.8 Å². The van der Waals surface area contributed by atoms with Crippen LogP contribution < -0.4 is 0 Å². The SMILES string of the molecule is C=C1CC(OC(C)=O)C=C(C)CCC2C(=CC=CC(C)(C)O)COC(=O)C12. The lowest BCUT2D eigenvalue weighted by Crippen LogP contribution is -2.36. The molecule has 5 heteroatoms. The molecule has 1 aliphatic carbocycles. The first-order valence-corrected chi connectivity index (χ1v) is 9.36. The van der Waals surface area contributed by atoms with Gasteiger partial charge < -0.3 is 14.6 Å². The van der Waals surface area contributed by atoms with Crippen LogP contribution >= 0.6 is 0 Å². The quantitative estimate of drug-likeness (QED) is 0.603. The summed E-state index contributed by atoms with van der Waals surface area (Å²) in [5, 5.41) is 9.85. The molecule has 1 fully saturated rings. The van der Waals surface area contributed by atoms with Gasteiger partial charge in [0.25, 0.3) is 0 Å². The molecule has 1 saturated heterocycles. The van der Waals surface area contributed by atoms with Crippen molar-refractivity contribution in [3.8, 4) is 0 Å². The van der Waals surface area contributed by atoms with Crippen LogP contribution in [0.25, 0.3) is 0 Å². The third kappa shape index (κ3) is 6.21. The van der Waals surface area contributed by atoms with Gasteiger partial charge in [-0.25, -0.2) is 0 Å². The van der Waals surface area contributed by atoms with Gasteiger partial charge in [-0.1, -0.05) is 36.0 Å². The van der Waals surface area contributed by atoms with E-state index in [4.69, 9.17) is 9.47 Å². The van der Waals surface area contributed by atoms with Crippen molar-refractivity contribution in [2.24, 2.45) is 11.8 Å². The van der Waals surface area contributed by atoms with Gasteiger partial charge >= 0.3 is 11.9 Å². The first-order chi connectivity index (χ1) is 12.6. The van der Waals surface area contributed by atoms with Gasteiger partial charge in [0, 0.05) is 19.3 Å². The van der Waals surface area contributed by atoms with Crippen molar-refractivity contribution in [2.45, 2.75) is 58.7 Å². The zero-order valence-corrected chi connectivity index (χ0v) is 16.7. The summed E-state index contributed by atoms with van der Waals surface area (Å²) in [6.07, 6.45) is 8.97. The lowest BCUT2D eigenvalue weighted by atomic mass is 9.76. The van der Waals surface area contributed by atoms with Gasteiger partial charge in [-0.15, -0.1) is 0 Å². The molecule has 27 heavy (non-hydrogen) atoms. The summed E-state index contributed by atoms with van der Waals surface area (Å²) in [7, 11) is 0. The first-order valence-electron chi connectivity index (χ1n) is 9.36. The smallest absolute Gasteiger partial charge is 0.314 e. The van der Waals surface area contributed by atoms with E-state index in [1.165, 1.54) is 6.92 Å². The summed E-state index contributed by atoms with van der Waals surface area (Å²) in [6, 6.07) is 0. The summed E-state index contributed by atoms with van der Waals surface area (Å²) in [5.41, 5.74) is 1.96. The van der Waals surface area contributed by atoms with Crippen molar-refractivity contribution in [3.05, 3.63) is 47.6 Å². The number of hydrogen-bond donors (Lipinski definition) is 1. The van der Waals surface area contributed by atoms with E-state index in [0.717, 1.165) is 29.6 Å². The van der Waals surface area contributed by atoms with Crippen molar-refractivity contribution in [2.75, 3.05) is 6.61 Å². The molecule has 0 aromatic rings. The summed E-state index contributed by atoms with van der Waals surface area (Å²) >= 11 is 0. The fourth-order valence-electron chi connectivity index (χ4n) is 3.63. The predicted molar refractivity (Wildman–Crippen MR) is 104 cm³/mol. The predicted octanol–water partition coefficient (Wildman–Crippen LogP) is 3.65. The zero-order valence-electron chi connectivity index (χ0n) is 16.7. The van der Waals surface area contributed by atoms with Crippen molar-refractivity contribution < 1.29 is 24.2 Å². The molecule has 1 heterocycles. The average molecular weight is 374 g/mol. The Morgan fingerprint density at radius 3 is 2.78 bits per heavy atom. The number of carbonyl (C=O) groups excluding carboxylic acids is 2. The van der Waals surface area contributed by atoms with Gasteiger partial charge in [0.2, 0.25) is 0 Å². The van der Waals surface area contributed by atoms with E-state index in [1.807, 2.05) is 25.2 Å². The van der Waals surface area contributed by atoms with Crippen LogP contribution in [-0.2, 0) is 19.1 Å². The normalized spacial score (nSPS) is 28.7. The lowest BCUT2D eigenvalue weighted by Gasteiger charge is -2.34. The molecule has 0 radical (unpaired) electrons. The third-order valence-corrected chi connectivity index (χ3v) is 4.87. The number of aliphatic hydroxyl groups is 1. The minimum Gasteiger partial charge on any atom is -0.461 e. The number of rotatable bonds is 3. The number of esters is 2. The monoisotopic (exact) mass is 374 g/mol. The minimum absolute atomic E-state index is 0.00960. The Bertz CT molecular complexity index is 690. The molecule has 3 atom stereocenters. The van der Waals surface area contributed by atoms with Crippen LogP contribution in [0.15, 0.2) is 47.6 Å². The minimum atomic E-state index is -0.902. The van der Waals surface area contributed by atoms with Crippen molar-refractivity contribution >= 4 is 11.9 Å². The highest BCUT2D eigenvalue weighted by Gasteiger charge is 2.39. The Hall–Kier alpha value is -2.14. The van der Waals surface area contributed by atoms with Crippen LogP contribution in [0, 0.1) is 11.8 Å².